The second-order valence-electron chi connectivity index (χ2n) is 4.54. The lowest BCUT2D eigenvalue weighted by atomic mass is 9.94. The fraction of sp³-hybridized carbons (Fsp3) is 0.667. The van der Waals surface area contributed by atoms with Crippen LogP contribution >= 0.6 is 0 Å². The van der Waals surface area contributed by atoms with Gasteiger partial charge >= 0.3 is 0 Å². The van der Waals surface area contributed by atoms with Crippen LogP contribution in [0.5, 0.6) is 0 Å². The molecule has 1 rings (SSSR count). The zero-order valence-corrected chi connectivity index (χ0v) is 10.8. The molecule has 0 aliphatic heterocycles. The summed E-state index contributed by atoms with van der Waals surface area (Å²) in [5, 5.41) is 15.7. The number of aromatic nitrogens is 1. The number of aryl methyl sites for hydroxylation is 2. The lowest BCUT2D eigenvalue weighted by molar-refractivity contribution is 0.0884. The highest BCUT2D eigenvalue weighted by Crippen LogP contribution is 2.17. The van der Waals surface area contributed by atoms with E-state index < -0.39 is 5.54 Å². The van der Waals surface area contributed by atoms with E-state index in [-0.39, 0.29) is 12.5 Å². The largest absolute Gasteiger partial charge is 0.396 e. The van der Waals surface area contributed by atoms with Gasteiger partial charge in [0.2, 0.25) is 0 Å². The summed E-state index contributed by atoms with van der Waals surface area (Å²) in [6, 6.07) is 0. The van der Waals surface area contributed by atoms with Crippen molar-refractivity contribution in [2.75, 3.05) is 6.61 Å². The van der Waals surface area contributed by atoms with Crippen LogP contribution in [0.1, 0.15) is 48.5 Å². The van der Waals surface area contributed by atoms with Gasteiger partial charge in [0, 0.05) is 12.1 Å². The first-order valence-electron chi connectivity index (χ1n) is 5.79. The summed E-state index contributed by atoms with van der Waals surface area (Å²) in [7, 11) is 0. The average molecular weight is 240 g/mol. The second kappa shape index (κ2) is 5.31. The van der Waals surface area contributed by atoms with E-state index in [1.165, 1.54) is 0 Å². The molecule has 1 aromatic rings. The smallest absolute Gasteiger partial charge is 0.257 e. The van der Waals surface area contributed by atoms with Crippen molar-refractivity contribution in [2.45, 2.75) is 46.1 Å². The Labute approximate surface area is 101 Å². The fourth-order valence-corrected chi connectivity index (χ4v) is 1.72. The van der Waals surface area contributed by atoms with Crippen LogP contribution in [0.4, 0.5) is 0 Å². The molecule has 1 amide bonds. The first kappa shape index (κ1) is 13.7. The van der Waals surface area contributed by atoms with Crippen LogP contribution in [0.3, 0.4) is 0 Å². The molecule has 1 aromatic heterocycles. The van der Waals surface area contributed by atoms with Crippen molar-refractivity contribution >= 4 is 5.91 Å². The first-order valence-corrected chi connectivity index (χ1v) is 5.79. The van der Waals surface area contributed by atoms with Crippen molar-refractivity contribution in [1.82, 2.24) is 10.5 Å². The van der Waals surface area contributed by atoms with E-state index in [0.717, 1.165) is 6.42 Å². The number of aliphatic hydroxyl groups excluding tert-OH is 1. The number of carbonyl (C=O) groups is 1. The molecule has 0 aromatic carbocycles. The van der Waals surface area contributed by atoms with Gasteiger partial charge in [0.05, 0.1) is 5.69 Å². The maximum atomic E-state index is 12.1. The number of nitrogens with zero attached hydrogens (tertiary/aromatic N) is 1. The SMILES string of the molecule is CCC(C)(CCO)NC(=O)c1c(C)noc1C. The molecular formula is C12H20N2O3. The number of aliphatic hydroxyl groups is 1. The van der Waals surface area contributed by atoms with E-state index in [2.05, 4.69) is 10.5 Å². The van der Waals surface area contributed by atoms with Crippen LogP contribution < -0.4 is 5.32 Å². The Balaban J connectivity index is 2.85. The van der Waals surface area contributed by atoms with Crippen molar-refractivity contribution in [2.24, 2.45) is 0 Å². The number of rotatable bonds is 5. The molecule has 1 atom stereocenters. The quantitative estimate of drug-likeness (QED) is 0.819. The van der Waals surface area contributed by atoms with Gasteiger partial charge < -0.3 is 14.9 Å². The molecule has 0 fully saturated rings. The van der Waals surface area contributed by atoms with Gasteiger partial charge in [-0.25, -0.2) is 0 Å². The molecule has 0 spiro atoms. The van der Waals surface area contributed by atoms with Crippen LogP contribution in [-0.2, 0) is 0 Å². The molecule has 0 saturated heterocycles. The minimum atomic E-state index is -0.401. The van der Waals surface area contributed by atoms with Crippen molar-refractivity contribution in [1.29, 1.82) is 0 Å². The highest BCUT2D eigenvalue weighted by atomic mass is 16.5. The minimum Gasteiger partial charge on any atom is -0.396 e. The zero-order valence-electron chi connectivity index (χ0n) is 10.8. The van der Waals surface area contributed by atoms with Gasteiger partial charge in [0.15, 0.2) is 0 Å². The predicted molar refractivity (Wildman–Crippen MR) is 63.8 cm³/mol. The highest BCUT2D eigenvalue weighted by molar-refractivity contribution is 5.96. The lowest BCUT2D eigenvalue weighted by Crippen LogP contribution is -2.46. The fourth-order valence-electron chi connectivity index (χ4n) is 1.72. The molecule has 17 heavy (non-hydrogen) atoms. The molecule has 0 aliphatic carbocycles. The summed E-state index contributed by atoms with van der Waals surface area (Å²) in [6.07, 6.45) is 1.28. The Morgan fingerprint density at radius 3 is 2.59 bits per heavy atom. The molecule has 0 radical (unpaired) electrons. The number of carbonyl (C=O) groups excluding carboxylic acids is 1. The summed E-state index contributed by atoms with van der Waals surface area (Å²) >= 11 is 0. The third-order valence-electron chi connectivity index (χ3n) is 3.12. The number of amides is 1. The van der Waals surface area contributed by atoms with E-state index in [4.69, 9.17) is 9.63 Å². The molecule has 5 heteroatoms. The van der Waals surface area contributed by atoms with Crippen molar-refractivity contribution in [3.8, 4) is 0 Å². The number of hydrogen-bond donors (Lipinski definition) is 2. The van der Waals surface area contributed by atoms with Gasteiger partial charge in [-0.05, 0) is 33.6 Å². The zero-order chi connectivity index (χ0) is 13.1. The molecular weight excluding hydrogens is 220 g/mol. The minimum absolute atomic E-state index is 0.0478. The van der Waals surface area contributed by atoms with Gasteiger partial charge in [0.1, 0.15) is 11.3 Å². The Bertz CT molecular complexity index is 381. The third-order valence-corrected chi connectivity index (χ3v) is 3.12. The average Bonchev–Trinajstić information content (AvgIpc) is 2.58. The van der Waals surface area contributed by atoms with E-state index in [0.29, 0.717) is 23.4 Å². The van der Waals surface area contributed by atoms with Gasteiger partial charge in [0.25, 0.3) is 5.91 Å². The van der Waals surface area contributed by atoms with Gasteiger partial charge in [-0.1, -0.05) is 12.1 Å². The van der Waals surface area contributed by atoms with E-state index in [1.807, 2.05) is 13.8 Å². The third kappa shape index (κ3) is 3.06. The van der Waals surface area contributed by atoms with Gasteiger partial charge in [-0.2, -0.15) is 0 Å². The summed E-state index contributed by atoms with van der Waals surface area (Å²) in [4.78, 5) is 12.1. The first-order chi connectivity index (χ1) is 7.93. The topological polar surface area (TPSA) is 75.4 Å². The summed E-state index contributed by atoms with van der Waals surface area (Å²) in [6.45, 7) is 7.39. The Kier molecular flexibility index (Phi) is 4.28. The monoisotopic (exact) mass is 240 g/mol. The van der Waals surface area contributed by atoms with Crippen molar-refractivity contribution in [3.05, 3.63) is 17.0 Å². The van der Waals surface area contributed by atoms with Crippen LogP contribution in [-0.4, -0.2) is 28.3 Å². The van der Waals surface area contributed by atoms with Crippen LogP contribution in [0.2, 0.25) is 0 Å². The Morgan fingerprint density at radius 2 is 2.18 bits per heavy atom. The molecule has 96 valence electrons. The summed E-state index contributed by atoms with van der Waals surface area (Å²) < 4.78 is 4.96. The molecule has 0 saturated carbocycles. The maximum absolute atomic E-state index is 12.1. The van der Waals surface area contributed by atoms with Crippen LogP contribution in [0.25, 0.3) is 0 Å². The molecule has 2 N–H and O–H groups in total. The Hall–Kier alpha value is -1.36. The summed E-state index contributed by atoms with van der Waals surface area (Å²) in [5.74, 6) is 0.321. The van der Waals surface area contributed by atoms with Gasteiger partial charge in [-0.3, -0.25) is 4.79 Å². The normalized spacial score (nSPS) is 14.4. The van der Waals surface area contributed by atoms with E-state index >= 15 is 0 Å². The van der Waals surface area contributed by atoms with Crippen LogP contribution in [0.15, 0.2) is 4.52 Å². The lowest BCUT2D eigenvalue weighted by Gasteiger charge is -2.28. The number of hydrogen-bond acceptors (Lipinski definition) is 4. The highest BCUT2D eigenvalue weighted by Gasteiger charge is 2.27. The van der Waals surface area contributed by atoms with Gasteiger partial charge in [-0.15, -0.1) is 0 Å². The number of nitrogens with one attached hydrogen (secondary N) is 1. The maximum Gasteiger partial charge on any atom is 0.257 e. The molecule has 1 heterocycles. The van der Waals surface area contributed by atoms with E-state index in [9.17, 15) is 4.79 Å². The molecule has 5 nitrogen and oxygen atoms in total. The molecule has 1 unspecified atom stereocenters. The van der Waals surface area contributed by atoms with Crippen molar-refractivity contribution in [3.63, 3.8) is 0 Å². The van der Waals surface area contributed by atoms with Crippen molar-refractivity contribution < 1.29 is 14.4 Å². The molecule has 0 bridgehead atoms. The molecule has 0 aliphatic rings. The van der Waals surface area contributed by atoms with Crippen LogP contribution in [0, 0.1) is 13.8 Å². The Morgan fingerprint density at radius 1 is 1.53 bits per heavy atom. The predicted octanol–water partition coefficient (Wildman–Crippen LogP) is 1.57. The standard InChI is InChI=1S/C12H20N2O3/c1-5-12(4,6-7-15)13-11(16)10-8(2)14-17-9(10)3/h15H,5-7H2,1-4H3,(H,13,16). The van der Waals surface area contributed by atoms with E-state index in [1.54, 1.807) is 13.8 Å². The second-order valence-corrected chi connectivity index (χ2v) is 4.54. The summed E-state index contributed by atoms with van der Waals surface area (Å²) in [5.41, 5.74) is 0.673.